The van der Waals surface area contributed by atoms with Crippen LogP contribution >= 0.6 is 0 Å². The van der Waals surface area contributed by atoms with E-state index in [-0.39, 0.29) is 0 Å². The fourth-order valence-electron chi connectivity index (χ4n) is 5.54. The van der Waals surface area contributed by atoms with Gasteiger partial charge in [-0.2, -0.15) is 0 Å². The summed E-state index contributed by atoms with van der Waals surface area (Å²) in [6, 6.07) is 9.35. The lowest BCUT2D eigenvalue weighted by molar-refractivity contribution is 0.244. The second-order valence-corrected chi connectivity index (χ2v) is 10.3. The summed E-state index contributed by atoms with van der Waals surface area (Å²) in [4.78, 5) is 12.6. The Morgan fingerprint density at radius 2 is 1.00 bits per heavy atom. The average Bonchev–Trinajstić information content (AvgIpc) is 3.29. The van der Waals surface area contributed by atoms with Gasteiger partial charge >= 0.3 is 0 Å². The molecule has 0 unspecified atom stereocenters. The van der Waals surface area contributed by atoms with Crippen molar-refractivity contribution < 1.29 is 0 Å². The topological polar surface area (TPSA) is 38.1 Å². The Balaban J connectivity index is 1.26. The number of rotatable bonds is 4. The largest absolute Gasteiger partial charge is 0.357 e. The molecule has 0 amide bonds. The molecule has 4 aromatic rings. The summed E-state index contributed by atoms with van der Waals surface area (Å²) in [5.41, 5.74) is 13.6. The van der Waals surface area contributed by atoms with E-state index in [0.717, 1.165) is 39.3 Å². The molecule has 0 bridgehead atoms. The quantitative estimate of drug-likeness (QED) is 0.394. The van der Waals surface area contributed by atoms with Gasteiger partial charge in [-0.15, -0.1) is 0 Å². The zero-order valence-electron chi connectivity index (χ0n) is 21.2. The van der Waals surface area contributed by atoms with E-state index in [4.69, 9.17) is 0 Å². The first-order chi connectivity index (χ1) is 15.8. The van der Waals surface area contributed by atoms with E-state index in [9.17, 15) is 0 Å². The third-order valence-corrected chi connectivity index (χ3v) is 8.11. The van der Waals surface area contributed by atoms with Crippen molar-refractivity contribution in [2.75, 3.05) is 26.2 Å². The van der Waals surface area contributed by atoms with E-state index in [1.165, 1.54) is 73.0 Å². The molecular formula is C29H38N4. The van der Waals surface area contributed by atoms with Crippen LogP contribution < -0.4 is 0 Å². The Hall–Kier alpha value is -2.56. The lowest BCUT2D eigenvalue weighted by Gasteiger charge is -2.21. The van der Waals surface area contributed by atoms with E-state index in [1.54, 1.807) is 0 Å². The van der Waals surface area contributed by atoms with Gasteiger partial charge in [0, 0.05) is 59.4 Å². The summed E-state index contributed by atoms with van der Waals surface area (Å²) in [5, 5.41) is 2.76. The summed E-state index contributed by atoms with van der Waals surface area (Å²) in [6.45, 7) is 19.9. The van der Waals surface area contributed by atoms with Crippen molar-refractivity contribution in [2.45, 2.75) is 61.1 Å². The Labute approximate surface area is 198 Å². The van der Waals surface area contributed by atoms with E-state index >= 15 is 0 Å². The molecule has 0 saturated carbocycles. The van der Waals surface area contributed by atoms with Gasteiger partial charge in [-0.3, -0.25) is 9.80 Å². The van der Waals surface area contributed by atoms with Gasteiger partial charge in [0.05, 0.1) is 0 Å². The van der Waals surface area contributed by atoms with E-state index in [2.05, 4.69) is 85.6 Å². The van der Waals surface area contributed by atoms with Crippen LogP contribution in [0, 0.1) is 41.5 Å². The Morgan fingerprint density at radius 1 is 0.576 bits per heavy atom. The molecule has 0 aliphatic carbocycles. The molecule has 1 fully saturated rings. The molecule has 0 spiro atoms. The van der Waals surface area contributed by atoms with Gasteiger partial charge in [0.1, 0.15) is 0 Å². The minimum Gasteiger partial charge on any atom is -0.357 e. The summed E-state index contributed by atoms with van der Waals surface area (Å²) in [6.07, 6.45) is 1.22. The zero-order chi connectivity index (χ0) is 23.3. The highest BCUT2D eigenvalue weighted by molar-refractivity contribution is 5.86. The van der Waals surface area contributed by atoms with Gasteiger partial charge in [0.15, 0.2) is 0 Å². The number of nitrogens with zero attached hydrogens (tertiary/aromatic N) is 2. The zero-order valence-corrected chi connectivity index (χ0v) is 21.2. The van der Waals surface area contributed by atoms with Crippen molar-refractivity contribution in [3.05, 3.63) is 69.0 Å². The monoisotopic (exact) mass is 442 g/mol. The molecule has 1 aliphatic heterocycles. The maximum atomic E-state index is 3.69. The summed E-state index contributed by atoms with van der Waals surface area (Å²) in [5.74, 6) is 0. The molecule has 1 aliphatic rings. The molecule has 2 N–H and O–H groups in total. The van der Waals surface area contributed by atoms with Gasteiger partial charge in [0.25, 0.3) is 0 Å². The number of aryl methyl sites for hydroxylation is 4. The standard InChI is InChI=1S/C29H38N4/c1-18-12-28-26(22(5)20(18)3)14-24(30-28)16-32-8-7-9-33(11-10-32)17-25-15-27-23(6)21(4)19(2)13-29(27)31-25/h12-15,30-31H,7-11,16-17H2,1-6H3. The van der Waals surface area contributed by atoms with Crippen molar-refractivity contribution in [1.29, 1.82) is 0 Å². The second kappa shape index (κ2) is 8.66. The Morgan fingerprint density at radius 3 is 1.42 bits per heavy atom. The number of H-pyrrole nitrogens is 2. The minimum absolute atomic E-state index is 1.00. The van der Waals surface area contributed by atoms with Crippen LogP contribution in [-0.4, -0.2) is 45.9 Å². The average molecular weight is 443 g/mol. The highest BCUT2D eigenvalue weighted by Crippen LogP contribution is 2.27. The molecule has 0 atom stereocenters. The number of nitrogens with one attached hydrogen (secondary N) is 2. The third-order valence-electron chi connectivity index (χ3n) is 8.11. The second-order valence-electron chi connectivity index (χ2n) is 10.3. The molecule has 4 nitrogen and oxygen atoms in total. The predicted octanol–water partition coefficient (Wildman–Crippen LogP) is 6.21. The number of benzene rings is 2. The maximum Gasteiger partial charge on any atom is 0.0461 e. The third kappa shape index (κ3) is 4.22. The smallest absolute Gasteiger partial charge is 0.0461 e. The summed E-state index contributed by atoms with van der Waals surface area (Å²) >= 11 is 0. The van der Waals surface area contributed by atoms with Gasteiger partial charge in [-0.05, 0) is 119 Å². The van der Waals surface area contributed by atoms with Crippen LogP contribution in [0.25, 0.3) is 21.8 Å². The lowest BCUT2D eigenvalue weighted by atomic mass is 10.0. The number of hydrogen-bond donors (Lipinski definition) is 2. The van der Waals surface area contributed by atoms with E-state index in [1.807, 2.05) is 0 Å². The highest BCUT2D eigenvalue weighted by Gasteiger charge is 2.18. The van der Waals surface area contributed by atoms with Crippen molar-refractivity contribution in [2.24, 2.45) is 0 Å². The Bertz CT molecular complexity index is 1220. The molecule has 3 heterocycles. The van der Waals surface area contributed by atoms with Crippen molar-refractivity contribution in [3.8, 4) is 0 Å². The van der Waals surface area contributed by atoms with Crippen LogP contribution in [0.15, 0.2) is 24.3 Å². The fraction of sp³-hybridized carbons (Fsp3) is 0.448. The van der Waals surface area contributed by atoms with Crippen LogP contribution in [0.4, 0.5) is 0 Å². The van der Waals surface area contributed by atoms with Gasteiger partial charge < -0.3 is 9.97 Å². The van der Waals surface area contributed by atoms with E-state index in [0.29, 0.717) is 0 Å². The fourth-order valence-corrected chi connectivity index (χ4v) is 5.54. The van der Waals surface area contributed by atoms with Crippen molar-refractivity contribution >= 4 is 21.8 Å². The van der Waals surface area contributed by atoms with Crippen LogP contribution in [0.2, 0.25) is 0 Å². The van der Waals surface area contributed by atoms with Gasteiger partial charge in [0.2, 0.25) is 0 Å². The predicted molar refractivity (Wildman–Crippen MR) is 140 cm³/mol. The first-order valence-corrected chi connectivity index (χ1v) is 12.4. The molecule has 0 radical (unpaired) electrons. The lowest BCUT2D eigenvalue weighted by Crippen LogP contribution is -2.30. The van der Waals surface area contributed by atoms with Crippen molar-refractivity contribution in [3.63, 3.8) is 0 Å². The van der Waals surface area contributed by atoms with Crippen molar-refractivity contribution in [1.82, 2.24) is 19.8 Å². The molecule has 2 aromatic heterocycles. The van der Waals surface area contributed by atoms with Crippen LogP contribution in [0.1, 0.15) is 51.2 Å². The highest BCUT2D eigenvalue weighted by atomic mass is 15.2. The maximum absolute atomic E-state index is 3.69. The summed E-state index contributed by atoms with van der Waals surface area (Å²) in [7, 11) is 0. The van der Waals surface area contributed by atoms with Crippen LogP contribution in [0.3, 0.4) is 0 Å². The molecule has 1 saturated heterocycles. The molecule has 2 aromatic carbocycles. The van der Waals surface area contributed by atoms with Crippen LogP contribution in [0.5, 0.6) is 0 Å². The molecule has 5 rings (SSSR count). The molecule has 4 heteroatoms. The summed E-state index contributed by atoms with van der Waals surface area (Å²) < 4.78 is 0. The Kier molecular flexibility index (Phi) is 5.84. The van der Waals surface area contributed by atoms with E-state index < -0.39 is 0 Å². The minimum atomic E-state index is 1.00. The van der Waals surface area contributed by atoms with Gasteiger partial charge in [-0.25, -0.2) is 0 Å². The number of fused-ring (bicyclic) bond motifs is 2. The van der Waals surface area contributed by atoms with Gasteiger partial charge in [-0.1, -0.05) is 0 Å². The normalized spacial score (nSPS) is 16.2. The number of aromatic amines is 2. The first kappa shape index (κ1) is 22.2. The first-order valence-electron chi connectivity index (χ1n) is 12.4. The SMILES string of the molecule is Cc1cc2[nH]c(CN3CCCN(Cc4cc5c(C)c(C)c(C)cc5[nH]4)CC3)cc2c(C)c1C. The number of aromatic nitrogens is 2. The van der Waals surface area contributed by atoms with Crippen LogP contribution in [-0.2, 0) is 13.1 Å². The number of hydrogen-bond acceptors (Lipinski definition) is 2. The molecular weight excluding hydrogens is 404 g/mol. The molecule has 33 heavy (non-hydrogen) atoms. The molecule has 174 valence electrons.